The van der Waals surface area contributed by atoms with Crippen LogP contribution in [-0.4, -0.2) is 19.9 Å². The van der Waals surface area contributed by atoms with E-state index in [1.54, 1.807) is 6.20 Å². The van der Waals surface area contributed by atoms with Crippen molar-refractivity contribution in [2.75, 3.05) is 16.4 Å². The smallest absolute Gasteiger partial charge is 0.229 e. The first-order chi connectivity index (χ1) is 13.7. The SMILES string of the molecule is Nc1cnc(Nc2ccc3[nH]ccc3c2)nc1NCc1ccc2[nH]ccc2c1. The first-order valence-corrected chi connectivity index (χ1v) is 9.01. The van der Waals surface area contributed by atoms with Gasteiger partial charge in [0.15, 0.2) is 5.82 Å². The van der Waals surface area contributed by atoms with Crippen LogP contribution in [0.4, 0.5) is 23.1 Å². The van der Waals surface area contributed by atoms with Crippen molar-refractivity contribution in [1.29, 1.82) is 0 Å². The number of fused-ring (bicyclic) bond motifs is 2. The Balaban J connectivity index is 1.34. The van der Waals surface area contributed by atoms with Gasteiger partial charge in [-0.05, 0) is 53.4 Å². The van der Waals surface area contributed by atoms with Gasteiger partial charge in [-0.25, -0.2) is 4.98 Å². The number of benzene rings is 2. The number of anilines is 4. The van der Waals surface area contributed by atoms with Crippen LogP contribution < -0.4 is 16.4 Å². The van der Waals surface area contributed by atoms with Crippen LogP contribution >= 0.6 is 0 Å². The maximum atomic E-state index is 6.06. The maximum Gasteiger partial charge on any atom is 0.229 e. The molecule has 5 rings (SSSR count). The molecule has 0 saturated heterocycles. The lowest BCUT2D eigenvalue weighted by Crippen LogP contribution is -2.07. The number of nitrogen functional groups attached to an aromatic ring is 1. The van der Waals surface area contributed by atoms with Crippen molar-refractivity contribution in [3.63, 3.8) is 0 Å². The molecule has 3 aromatic heterocycles. The van der Waals surface area contributed by atoms with Crippen LogP contribution in [0.2, 0.25) is 0 Å². The van der Waals surface area contributed by atoms with E-state index in [0.717, 1.165) is 27.7 Å². The lowest BCUT2D eigenvalue weighted by molar-refractivity contribution is 1.09. The van der Waals surface area contributed by atoms with Gasteiger partial charge in [0.2, 0.25) is 5.95 Å². The number of H-pyrrole nitrogens is 2. The van der Waals surface area contributed by atoms with Gasteiger partial charge in [-0.3, -0.25) is 0 Å². The summed E-state index contributed by atoms with van der Waals surface area (Å²) >= 11 is 0. The zero-order valence-electron chi connectivity index (χ0n) is 15.0. The second-order valence-corrected chi connectivity index (χ2v) is 6.66. The van der Waals surface area contributed by atoms with Crippen molar-refractivity contribution >= 4 is 44.9 Å². The molecule has 0 radical (unpaired) electrons. The molecule has 6 N–H and O–H groups in total. The van der Waals surface area contributed by atoms with Crippen LogP contribution in [0.3, 0.4) is 0 Å². The molecule has 0 spiro atoms. The average molecular weight is 369 g/mol. The summed E-state index contributed by atoms with van der Waals surface area (Å²) in [5.74, 6) is 1.10. The normalized spacial score (nSPS) is 11.1. The van der Waals surface area contributed by atoms with E-state index in [-0.39, 0.29) is 0 Å². The van der Waals surface area contributed by atoms with Gasteiger partial charge in [0, 0.05) is 41.0 Å². The number of rotatable bonds is 5. The summed E-state index contributed by atoms with van der Waals surface area (Å²) in [6.45, 7) is 0.622. The highest BCUT2D eigenvalue weighted by Crippen LogP contribution is 2.23. The summed E-state index contributed by atoms with van der Waals surface area (Å²) in [6, 6.07) is 16.4. The lowest BCUT2D eigenvalue weighted by atomic mass is 10.1. The van der Waals surface area contributed by atoms with E-state index >= 15 is 0 Å². The first-order valence-electron chi connectivity index (χ1n) is 9.01. The lowest BCUT2D eigenvalue weighted by Gasteiger charge is -2.11. The minimum atomic E-state index is 0.493. The zero-order valence-corrected chi connectivity index (χ0v) is 15.0. The van der Waals surface area contributed by atoms with Crippen molar-refractivity contribution < 1.29 is 0 Å². The van der Waals surface area contributed by atoms with Crippen LogP contribution in [0.5, 0.6) is 0 Å². The first kappa shape index (κ1) is 16.2. The molecule has 0 unspecified atom stereocenters. The van der Waals surface area contributed by atoms with E-state index in [9.17, 15) is 0 Å². The summed E-state index contributed by atoms with van der Waals surface area (Å²) in [7, 11) is 0. The Labute approximate surface area is 161 Å². The van der Waals surface area contributed by atoms with Crippen LogP contribution in [0.1, 0.15) is 5.56 Å². The van der Waals surface area contributed by atoms with Gasteiger partial charge in [-0.15, -0.1) is 0 Å². The number of aromatic nitrogens is 4. The largest absolute Gasteiger partial charge is 0.394 e. The molecule has 0 fully saturated rings. The summed E-state index contributed by atoms with van der Waals surface area (Å²) in [6.07, 6.45) is 5.47. The Bertz CT molecular complexity index is 1270. The van der Waals surface area contributed by atoms with Crippen LogP contribution in [0.25, 0.3) is 21.8 Å². The molecule has 0 atom stereocenters. The molecule has 7 nitrogen and oxygen atoms in total. The molecule has 2 aromatic carbocycles. The molecule has 5 aromatic rings. The highest BCUT2D eigenvalue weighted by molar-refractivity contribution is 5.84. The van der Waals surface area contributed by atoms with Gasteiger partial charge in [0.1, 0.15) is 0 Å². The fraction of sp³-hybridized carbons (Fsp3) is 0.0476. The Morgan fingerprint density at radius 1 is 0.893 bits per heavy atom. The van der Waals surface area contributed by atoms with Crippen molar-refractivity contribution in [2.24, 2.45) is 0 Å². The minimum absolute atomic E-state index is 0.493. The summed E-state index contributed by atoms with van der Waals surface area (Å²) < 4.78 is 0. The topological polar surface area (TPSA) is 107 Å². The third-order valence-corrected chi connectivity index (χ3v) is 4.70. The summed E-state index contributed by atoms with van der Waals surface area (Å²) in [5, 5.41) is 8.85. The van der Waals surface area contributed by atoms with Crippen molar-refractivity contribution in [3.05, 3.63) is 72.7 Å². The van der Waals surface area contributed by atoms with Gasteiger partial charge in [0.25, 0.3) is 0 Å². The van der Waals surface area contributed by atoms with E-state index in [0.29, 0.717) is 24.0 Å². The molecule has 3 heterocycles. The van der Waals surface area contributed by atoms with Gasteiger partial charge in [-0.2, -0.15) is 4.98 Å². The van der Waals surface area contributed by atoms with E-state index < -0.39 is 0 Å². The van der Waals surface area contributed by atoms with Crippen LogP contribution in [-0.2, 0) is 6.54 Å². The number of nitrogens with zero attached hydrogens (tertiary/aromatic N) is 2. The standard InChI is InChI=1S/C21H19N7/c22-17-12-26-21(27-16-2-4-19-15(10-16)6-8-24-19)28-20(17)25-11-13-1-3-18-14(9-13)5-7-23-18/h1-10,12,23-24H,11,22H2,(H2,25,26,27,28). The minimum Gasteiger partial charge on any atom is -0.394 e. The molecular weight excluding hydrogens is 350 g/mol. The summed E-state index contributed by atoms with van der Waals surface area (Å²) in [4.78, 5) is 15.2. The average Bonchev–Trinajstić information content (AvgIpc) is 3.36. The number of hydrogen-bond acceptors (Lipinski definition) is 5. The van der Waals surface area contributed by atoms with Gasteiger partial charge in [0.05, 0.1) is 11.9 Å². The Morgan fingerprint density at radius 3 is 2.46 bits per heavy atom. The van der Waals surface area contributed by atoms with E-state index in [1.807, 2.05) is 36.7 Å². The van der Waals surface area contributed by atoms with E-state index in [2.05, 4.69) is 54.8 Å². The zero-order chi connectivity index (χ0) is 18.9. The Morgan fingerprint density at radius 2 is 1.64 bits per heavy atom. The maximum absolute atomic E-state index is 6.06. The Kier molecular flexibility index (Phi) is 3.83. The van der Waals surface area contributed by atoms with Crippen molar-refractivity contribution in [2.45, 2.75) is 6.54 Å². The molecule has 0 aliphatic carbocycles. The van der Waals surface area contributed by atoms with E-state index in [4.69, 9.17) is 5.73 Å². The third kappa shape index (κ3) is 3.09. The van der Waals surface area contributed by atoms with Crippen molar-refractivity contribution in [3.8, 4) is 0 Å². The molecule has 28 heavy (non-hydrogen) atoms. The number of nitrogens with one attached hydrogen (secondary N) is 4. The monoisotopic (exact) mass is 369 g/mol. The molecule has 138 valence electrons. The number of hydrogen-bond donors (Lipinski definition) is 5. The quantitative estimate of drug-likeness (QED) is 0.316. The van der Waals surface area contributed by atoms with Crippen LogP contribution in [0, 0.1) is 0 Å². The van der Waals surface area contributed by atoms with Gasteiger partial charge < -0.3 is 26.3 Å². The predicted octanol–water partition coefficient (Wildman–Crippen LogP) is 4.38. The molecule has 0 amide bonds. The molecular formula is C21H19N7. The van der Waals surface area contributed by atoms with Gasteiger partial charge >= 0.3 is 0 Å². The molecule has 0 bridgehead atoms. The molecule has 0 saturated carbocycles. The fourth-order valence-electron chi connectivity index (χ4n) is 3.25. The molecule has 7 heteroatoms. The highest BCUT2D eigenvalue weighted by atomic mass is 15.1. The predicted molar refractivity (Wildman–Crippen MR) is 114 cm³/mol. The molecule has 0 aliphatic heterocycles. The molecule has 0 aliphatic rings. The Hall–Kier alpha value is -4.00. The van der Waals surface area contributed by atoms with Crippen LogP contribution in [0.15, 0.2) is 67.1 Å². The number of aromatic amines is 2. The fourth-order valence-corrected chi connectivity index (χ4v) is 3.25. The number of nitrogens with two attached hydrogens (primary N) is 1. The second-order valence-electron chi connectivity index (χ2n) is 6.66. The summed E-state index contributed by atoms with van der Waals surface area (Å²) in [5.41, 5.74) is 10.8. The van der Waals surface area contributed by atoms with E-state index in [1.165, 1.54) is 5.39 Å². The highest BCUT2D eigenvalue weighted by Gasteiger charge is 2.06. The van der Waals surface area contributed by atoms with Gasteiger partial charge in [-0.1, -0.05) is 6.07 Å². The van der Waals surface area contributed by atoms with Crippen molar-refractivity contribution in [1.82, 2.24) is 19.9 Å². The third-order valence-electron chi connectivity index (χ3n) is 4.70. The second kappa shape index (κ2) is 6.62.